The summed E-state index contributed by atoms with van der Waals surface area (Å²) in [4.78, 5) is 25.0. The molecule has 2 amide bonds. The normalized spacial score (nSPS) is 14.7. The molecular formula is C14H18ClN3O2. The molecule has 0 bridgehead atoms. The van der Waals surface area contributed by atoms with Crippen LogP contribution in [0.3, 0.4) is 0 Å². The van der Waals surface area contributed by atoms with Crippen molar-refractivity contribution in [3.05, 3.63) is 23.2 Å². The molecule has 0 spiro atoms. The molecular weight excluding hydrogens is 278 g/mol. The number of halogens is 1. The van der Waals surface area contributed by atoms with E-state index in [4.69, 9.17) is 17.3 Å². The van der Waals surface area contributed by atoms with Crippen LogP contribution in [-0.4, -0.2) is 29.8 Å². The Morgan fingerprint density at radius 1 is 1.45 bits per heavy atom. The van der Waals surface area contributed by atoms with Gasteiger partial charge in [-0.3, -0.25) is 9.59 Å². The van der Waals surface area contributed by atoms with Crippen molar-refractivity contribution in [2.24, 2.45) is 0 Å². The second kappa shape index (κ2) is 6.61. The van der Waals surface area contributed by atoms with E-state index in [2.05, 4.69) is 5.32 Å². The summed E-state index contributed by atoms with van der Waals surface area (Å²) in [6.07, 6.45) is 2.56. The number of nitrogens with two attached hydrogens (primary N) is 1. The van der Waals surface area contributed by atoms with Crippen LogP contribution in [0.4, 0.5) is 11.4 Å². The van der Waals surface area contributed by atoms with E-state index in [-0.39, 0.29) is 11.8 Å². The topological polar surface area (TPSA) is 75.4 Å². The van der Waals surface area contributed by atoms with Crippen molar-refractivity contribution in [3.63, 3.8) is 0 Å². The Labute approximate surface area is 123 Å². The highest BCUT2D eigenvalue weighted by Gasteiger charge is 2.19. The fourth-order valence-corrected chi connectivity index (χ4v) is 2.39. The van der Waals surface area contributed by atoms with Gasteiger partial charge in [0.25, 0.3) is 0 Å². The van der Waals surface area contributed by atoms with E-state index in [1.54, 1.807) is 23.1 Å². The number of rotatable bonds is 5. The van der Waals surface area contributed by atoms with Crippen LogP contribution >= 0.6 is 11.6 Å². The number of anilines is 2. The average molecular weight is 296 g/mol. The lowest BCUT2D eigenvalue weighted by Crippen LogP contribution is -2.26. The van der Waals surface area contributed by atoms with Crippen molar-refractivity contribution >= 4 is 34.8 Å². The number of hydrogen-bond acceptors (Lipinski definition) is 3. The van der Waals surface area contributed by atoms with E-state index in [0.29, 0.717) is 42.2 Å². The maximum atomic E-state index is 11.8. The van der Waals surface area contributed by atoms with Crippen LogP contribution in [0.15, 0.2) is 18.2 Å². The number of carbonyl (C=O) groups excluding carboxylic acids is 2. The minimum absolute atomic E-state index is 0.120. The average Bonchev–Trinajstić information content (AvgIpc) is 2.80. The van der Waals surface area contributed by atoms with E-state index in [1.165, 1.54) is 0 Å². The minimum Gasteiger partial charge on any atom is -0.397 e. The molecule has 1 fully saturated rings. The summed E-state index contributed by atoms with van der Waals surface area (Å²) in [5, 5.41) is 3.26. The number of carbonyl (C=O) groups is 2. The van der Waals surface area contributed by atoms with Gasteiger partial charge in [-0.25, -0.2) is 0 Å². The number of nitrogens with one attached hydrogen (secondary N) is 1. The molecule has 1 heterocycles. The summed E-state index contributed by atoms with van der Waals surface area (Å²) in [7, 11) is 0. The van der Waals surface area contributed by atoms with Crippen LogP contribution in [0.1, 0.15) is 25.7 Å². The molecule has 108 valence electrons. The fourth-order valence-electron chi connectivity index (χ4n) is 2.22. The number of nitrogens with zero attached hydrogens (tertiary/aromatic N) is 1. The summed E-state index contributed by atoms with van der Waals surface area (Å²) in [5.41, 5.74) is 6.77. The number of amides is 2. The third kappa shape index (κ3) is 3.87. The molecule has 0 unspecified atom stereocenters. The van der Waals surface area contributed by atoms with E-state index in [9.17, 15) is 9.59 Å². The number of benzene rings is 1. The Hall–Kier alpha value is -1.75. The first-order valence-electron chi connectivity index (χ1n) is 6.69. The van der Waals surface area contributed by atoms with Gasteiger partial charge in [0.05, 0.1) is 11.4 Å². The lowest BCUT2D eigenvalue weighted by atomic mass is 10.2. The zero-order valence-corrected chi connectivity index (χ0v) is 11.9. The maximum absolute atomic E-state index is 11.8. The van der Waals surface area contributed by atoms with Crippen molar-refractivity contribution in [2.75, 3.05) is 24.1 Å². The maximum Gasteiger partial charge on any atom is 0.224 e. The Balaban J connectivity index is 1.77. The first kappa shape index (κ1) is 14.7. The van der Waals surface area contributed by atoms with E-state index < -0.39 is 0 Å². The molecule has 0 aliphatic carbocycles. The van der Waals surface area contributed by atoms with Crippen LogP contribution < -0.4 is 11.1 Å². The molecule has 1 aromatic rings. The largest absolute Gasteiger partial charge is 0.397 e. The summed E-state index contributed by atoms with van der Waals surface area (Å²) in [6, 6.07) is 4.95. The Morgan fingerprint density at radius 2 is 2.25 bits per heavy atom. The zero-order valence-electron chi connectivity index (χ0n) is 11.2. The van der Waals surface area contributed by atoms with Crippen LogP contribution in [0.5, 0.6) is 0 Å². The molecule has 5 nitrogen and oxygen atoms in total. The van der Waals surface area contributed by atoms with Gasteiger partial charge in [-0.15, -0.1) is 0 Å². The van der Waals surface area contributed by atoms with Gasteiger partial charge in [0.15, 0.2) is 0 Å². The van der Waals surface area contributed by atoms with Crippen molar-refractivity contribution in [1.82, 2.24) is 4.90 Å². The van der Waals surface area contributed by atoms with Gasteiger partial charge >= 0.3 is 0 Å². The summed E-state index contributed by atoms with van der Waals surface area (Å²) < 4.78 is 0. The first-order valence-corrected chi connectivity index (χ1v) is 7.07. The number of hydrogen-bond donors (Lipinski definition) is 2. The van der Waals surface area contributed by atoms with Crippen molar-refractivity contribution in [2.45, 2.75) is 25.7 Å². The quantitative estimate of drug-likeness (QED) is 0.818. The van der Waals surface area contributed by atoms with Gasteiger partial charge in [-0.05, 0) is 31.0 Å². The zero-order chi connectivity index (χ0) is 14.5. The number of nitrogen functional groups attached to an aromatic ring is 1. The molecule has 0 radical (unpaired) electrons. The van der Waals surface area contributed by atoms with E-state index >= 15 is 0 Å². The Kier molecular flexibility index (Phi) is 4.84. The molecule has 0 saturated carbocycles. The first-order chi connectivity index (χ1) is 9.56. The highest BCUT2D eigenvalue weighted by Crippen LogP contribution is 2.23. The van der Waals surface area contributed by atoms with Crippen molar-refractivity contribution in [1.29, 1.82) is 0 Å². The lowest BCUT2D eigenvalue weighted by Gasteiger charge is -2.15. The second-order valence-corrected chi connectivity index (χ2v) is 5.30. The third-order valence-corrected chi connectivity index (χ3v) is 3.53. The van der Waals surface area contributed by atoms with E-state index in [1.807, 2.05) is 0 Å². The van der Waals surface area contributed by atoms with Crippen molar-refractivity contribution < 1.29 is 9.59 Å². The summed E-state index contributed by atoms with van der Waals surface area (Å²) >= 11 is 5.86. The molecule has 0 atom stereocenters. The summed E-state index contributed by atoms with van der Waals surface area (Å²) in [5.74, 6) is 0.0649. The highest BCUT2D eigenvalue weighted by atomic mass is 35.5. The molecule has 0 aromatic heterocycles. The highest BCUT2D eigenvalue weighted by molar-refractivity contribution is 6.31. The van der Waals surface area contributed by atoms with Crippen LogP contribution in [0, 0.1) is 0 Å². The molecule has 1 aromatic carbocycles. The smallest absolute Gasteiger partial charge is 0.224 e. The monoisotopic (exact) mass is 295 g/mol. The van der Waals surface area contributed by atoms with Crippen LogP contribution in [0.2, 0.25) is 5.02 Å². The molecule has 3 N–H and O–H groups in total. The molecule has 1 saturated heterocycles. The van der Waals surface area contributed by atoms with Crippen molar-refractivity contribution in [3.8, 4) is 0 Å². The standard InChI is InChI=1S/C14H18ClN3O2/c15-10-5-6-11(16)12(9-10)17-13(19)3-1-7-18-8-2-4-14(18)20/h5-6,9H,1-4,7-8,16H2,(H,17,19). The van der Waals surface area contributed by atoms with Gasteiger partial charge in [0, 0.05) is 31.0 Å². The van der Waals surface area contributed by atoms with Gasteiger partial charge in [-0.1, -0.05) is 11.6 Å². The third-order valence-electron chi connectivity index (χ3n) is 3.29. The molecule has 1 aliphatic rings. The Bertz CT molecular complexity index is 519. The fraction of sp³-hybridized carbons (Fsp3) is 0.429. The van der Waals surface area contributed by atoms with Gasteiger partial charge in [0.1, 0.15) is 0 Å². The van der Waals surface area contributed by atoms with Crippen LogP contribution in [0.25, 0.3) is 0 Å². The van der Waals surface area contributed by atoms with Gasteiger partial charge in [-0.2, -0.15) is 0 Å². The molecule has 1 aliphatic heterocycles. The van der Waals surface area contributed by atoms with Gasteiger partial charge < -0.3 is 16.0 Å². The van der Waals surface area contributed by atoms with Crippen LogP contribution in [-0.2, 0) is 9.59 Å². The van der Waals surface area contributed by atoms with Gasteiger partial charge in [0.2, 0.25) is 11.8 Å². The SMILES string of the molecule is Nc1ccc(Cl)cc1NC(=O)CCCN1CCCC1=O. The lowest BCUT2D eigenvalue weighted by molar-refractivity contribution is -0.128. The molecule has 2 rings (SSSR count). The molecule has 6 heteroatoms. The number of likely N-dealkylation sites (tertiary alicyclic amines) is 1. The second-order valence-electron chi connectivity index (χ2n) is 4.87. The molecule has 20 heavy (non-hydrogen) atoms. The predicted molar refractivity (Wildman–Crippen MR) is 79.5 cm³/mol. The minimum atomic E-state index is -0.120. The Morgan fingerprint density at radius 3 is 2.95 bits per heavy atom. The summed E-state index contributed by atoms with van der Waals surface area (Å²) in [6.45, 7) is 1.44. The predicted octanol–water partition coefficient (Wildman–Crippen LogP) is 2.26. The van der Waals surface area contributed by atoms with E-state index in [0.717, 1.165) is 13.0 Å².